The molecule has 2 aliphatic heterocycles. The van der Waals surface area contributed by atoms with Gasteiger partial charge in [0.2, 0.25) is 5.91 Å². The molecule has 1 saturated heterocycles. The minimum absolute atomic E-state index is 0.0302. The fraction of sp³-hybridized carbons (Fsp3) is 0.450. The number of aliphatic imine (C=N–C) groups is 1. The number of fused-ring (bicyclic) bond motifs is 1. The number of benzene rings is 1. The van der Waals surface area contributed by atoms with Crippen molar-refractivity contribution in [2.24, 2.45) is 4.99 Å². The van der Waals surface area contributed by atoms with E-state index in [9.17, 15) is 9.59 Å². The smallest absolute Gasteiger partial charge is 0.338 e. The number of methoxy groups -OCH3 is 1. The molecule has 0 bridgehead atoms. The predicted molar refractivity (Wildman–Crippen MR) is 104 cm³/mol. The molecule has 3 rings (SSSR count). The summed E-state index contributed by atoms with van der Waals surface area (Å²) < 4.78 is 4.99. The molecule has 0 N–H and O–H groups in total. The molecule has 0 aliphatic carbocycles. The van der Waals surface area contributed by atoms with Crippen molar-refractivity contribution in [2.75, 3.05) is 7.11 Å². The normalized spacial score (nSPS) is 23.1. The van der Waals surface area contributed by atoms with Crippen LogP contribution in [0.1, 0.15) is 51.8 Å². The van der Waals surface area contributed by atoms with Crippen molar-refractivity contribution >= 4 is 28.8 Å². The average Bonchev–Trinajstić information content (AvgIpc) is 2.86. The molecule has 1 fully saturated rings. The molecule has 2 atom stereocenters. The van der Waals surface area contributed by atoms with Crippen molar-refractivity contribution in [3.63, 3.8) is 0 Å². The SMILES string of the molecule is COC(=O)C1=C(C)N=C2S[C@@H](C)C(=O)N2[C@@H]1c1ccc(C(C)(C)C)cc1. The van der Waals surface area contributed by atoms with Crippen LogP contribution in [0.25, 0.3) is 0 Å². The van der Waals surface area contributed by atoms with Gasteiger partial charge in [-0.25, -0.2) is 9.79 Å². The second-order valence-electron chi connectivity index (χ2n) is 7.63. The minimum Gasteiger partial charge on any atom is -0.466 e. The van der Waals surface area contributed by atoms with Gasteiger partial charge in [-0.05, 0) is 30.4 Å². The number of thioether (sulfide) groups is 1. The zero-order valence-electron chi connectivity index (χ0n) is 16.0. The van der Waals surface area contributed by atoms with Gasteiger partial charge in [-0.3, -0.25) is 9.69 Å². The van der Waals surface area contributed by atoms with E-state index in [-0.39, 0.29) is 16.6 Å². The first-order valence-corrected chi connectivity index (χ1v) is 9.51. The first-order valence-electron chi connectivity index (χ1n) is 8.63. The lowest BCUT2D eigenvalue weighted by atomic mass is 9.85. The molecule has 1 amide bonds. The van der Waals surface area contributed by atoms with Gasteiger partial charge in [-0.15, -0.1) is 0 Å². The maximum atomic E-state index is 12.8. The number of hydrogen-bond acceptors (Lipinski definition) is 5. The number of amidine groups is 1. The van der Waals surface area contributed by atoms with Crippen LogP contribution >= 0.6 is 11.8 Å². The van der Waals surface area contributed by atoms with E-state index < -0.39 is 12.0 Å². The van der Waals surface area contributed by atoms with E-state index in [2.05, 4.69) is 37.9 Å². The van der Waals surface area contributed by atoms with E-state index in [0.29, 0.717) is 16.4 Å². The number of hydrogen-bond donors (Lipinski definition) is 0. The van der Waals surface area contributed by atoms with Gasteiger partial charge < -0.3 is 4.74 Å². The third kappa shape index (κ3) is 3.07. The summed E-state index contributed by atoms with van der Waals surface area (Å²) in [5.41, 5.74) is 3.13. The summed E-state index contributed by atoms with van der Waals surface area (Å²) in [6, 6.07) is 7.59. The molecule has 0 spiro atoms. The van der Waals surface area contributed by atoms with Gasteiger partial charge in [-0.2, -0.15) is 0 Å². The van der Waals surface area contributed by atoms with Gasteiger partial charge in [0.1, 0.15) is 0 Å². The van der Waals surface area contributed by atoms with Crippen molar-refractivity contribution in [1.82, 2.24) is 4.90 Å². The van der Waals surface area contributed by atoms with E-state index >= 15 is 0 Å². The van der Waals surface area contributed by atoms with Crippen molar-refractivity contribution in [1.29, 1.82) is 0 Å². The number of ether oxygens (including phenoxy) is 1. The van der Waals surface area contributed by atoms with Crippen LogP contribution in [0.2, 0.25) is 0 Å². The fourth-order valence-corrected chi connectivity index (χ4v) is 4.28. The summed E-state index contributed by atoms with van der Waals surface area (Å²) in [6.07, 6.45) is 0. The maximum Gasteiger partial charge on any atom is 0.338 e. The number of allylic oxidation sites excluding steroid dienone is 1. The Bertz CT molecular complexity index is 818. The molecule has 6 heteroatoms. The molecule has 0 saturated carbocycles. The first kappa shape index (κ1) is 18.7. The molecule has 0 radical (unpaired) electrons. The topological polar surface area (TPSA) is 59.0 Å². The van der Waals surface area contributed by atoms with Crippen molar-refractivity contribution in [3.05, 3.63) is 46.7 Å². The molecule has 2 heterocycles. The Hall–Kier alpha value is -2.08. The van der Waals surface area contributed by atoms with E-state index in [4.69, 9.17) is 4.74 Å². The summed E-state index contributed by atoms with van der Waals surface area (Å²) in [4.78, 5) is 31.4. The highest BCUT2D eigenvalue weighted by Gasteiger charge is 2.46. The van der Waals surface area contributed by atoms with Crippen LogP contribution in [0, 0.1) is 0 Å². The summed E-state index contributed by atoms with van der Waals surface area (Å²) >= 11 is 1.43. The van der Waals surface area contributed by atoms with E-state index in [1.807, 2.05) is 19.1 Å². The van der Waals surface area contributed by atoms with Gasteiger partial charge in [0.05, 0.1) is 29.7 Å². The lowest BCUT2D eigenvalue weighted by Crippen LogP contribution is -2.40. The molecule has 1 aromatic rings. The highest BCUT2D eigenvalue weighted by molar-refractivity contribution is 8.15. The van der Waals surface area contributed by atoms with Crippen molar-refractivity contribution in [2.45, 2.75) is 51.3 Å². The summed E-state index contributed by atoms with van der Waals surface area (Å²) in [5.74, 6) is -0.486. The third-order valence-corrected chi connectivity index (χ3v) is 5.81. The highest BCUT2D eigenvalue weighted by Crippen LogP contribution is 2.43. The Morgan fingerprint density at radius 2 is 1.85 bits per heavy atom. The molecular formula is C20H24N2O3S. The number of esters is 1. The average molecular weight is 372 g/mol. The largest absolute Gasteiger partial charge is 0.466 e. The van der Waals surface area contributed by atoms with E-state index in [0.717, 1.165) is 5.56 Å². The van der Waals surface area contributed by atoms with Crippen LogP contribution in [0.4, 0.5) is 0 Å². The van der Waals surface area contributed by atoms with Crippen molar-refractivity contribution in [3.8, 4) is 0 Å². The zero-order chi connectivity index (χ0) is 19.2. The van der Waals surface area contributed by atoms with Crippen LogP contribution in [0.15, 0.2) is 40.5 Å². The third-order valence-electron chi connectivity index (χ3n) is 4.76. The Balaban J connectivity index is 2.12. The Labute approximate surface area is 158 Å². The Morgan fingerprint density at radius 3 is 2.38 bits per heavy atom. The van der Waals surface area contributed by atoms with Crippen LogP contribution in [-0.2, 0) is 19.7 Å². The summed E-state index contributed by atoms with van der Waals surface area (Å²) in [5, 5.41) is 0.437. The van der Waals surface area contributed by atoms with Gasteiger partial charge in [-0.1, -0.05) is 56.8 Å². The van der Waals surface area contributed by atoms with Gasteiger partial charge >= 0.3 is 5.97 Å². The standard InChI is InChI=1S/C20H24N2O3S/c1-11-15(18(24)25-6)16(22-17(23)12(2)26-19(22)21-11)13-7-9-14(10-8-13)20(3,4)5/h7-10,12,16H,1-6H3/t12-,16+/m0/s1. The van der Waals surface area contributed by atoms with Crippen LogP contribution in [0.5, 0.6) is 0 Å². The lowest BCUT2D eigenvalue weighted by Gasteiger charge is -2.33. The molecule has 0 unspecified atom stereocenters. The summed E-state index contributed by atoms with van der Waals surface area (Å²) in [7, 11) is 1.35. The number of nitrogens with zero attached hydrogens (tertiary/aromatic N) is 2. The lowest BCUT2D eigenvalue weighted by molar-refractivity contribution is -0.137. The monoisotopic (exact) mass is 372 g/mol. The predicted octanol–water partition coefficient (Wildman–Crippen LogP) is 3.81. The van der Waals surface area contributed by atoms with E-state index in [1.54, 1.807) is 11.8 Å². The number of rotatable bonds is 2. The number of amides is 1. The molecular weight excluding hydrogens is 348 g/mol. The fourth-order valence-electron chi connectivity index (χ4n) is 3.25. The van der Waals surface area contributed by atoms with Gasteiger partial charge in [0, 0.05) is 0 Å². The molecule has 2 aliphatic rings. The molecule has 138 valence electrons. The highest BCUT2D eigenvalue weighted by atomic mass is 32.2. The maximum absolute atomic E-state index is 12.8. The quantitative estimate of drug-likeness (QED) is 0.741. The van der Waals surface area contributed by atoms with Crippen LogP contribution in [-0.4, -0.2) is 34.3 Å². The molecule has 26 heavy (non-hydrogen) atoms. The first-order chi connectivity index (χ1) is 12.1. The molecule has 1 aromatic carbocycles. The van der Waals surface area contributed by atoms with Crippen LogP contribution in [0.3, 0.4) is 0 Å². The second-order valence-corrected chi connectivity index (χ2v) is 8.94. The van der Waals surface area contributed by atoms with E-state index in [1.165, 1.54) is 24.4 Å². The minimum atomic E-state index is -0.506. The number of carbonyl (C=O) groups is 2. The van der Waals surface area contributed by atoms with Crippen molar-refractivity contribution < 1.29 is 14.3 Å². The van der Waals surface area contributed by atoms with Gasteiger partial charge in [0.25, 0.3) is 0 Å². The number of carbonyl (C=O) groups excluding carboxylic acids is 2. The Morgan fingerprint density at radius 1 is 1.23 bits per heavy atom. The molecule has 5 nitrogen and oxygen atoms in total. The van der Waals surface area contributed by atoms with Crippen LogP contribution < -0.4 is 0 Å². The molecule has 0 aromatic heterocycles. The summed E-state index contributed by atoms with van der Waals surface area (Å²) in [6.45, 7) is 10.1. The Kier molecular flexibility index (Phi) is 4.73. The zero-order valence-corrected chi connectivity index (χ0v) is 16.8. The second kappa shape index (κ2) is 6.58. The van der Waals surface area contributed by atoms with Gasteiger partial charge in [0.15, 0.2) is 5.17 Å².